The van der Waals surface area contributed by atoms with Gasteiger partial charge >= 0.3 is 0 Å². The molecule has 0 saturated heterocycles. The number of hydrogen-bond donors (Lipinski definition) is 1. The summed E-state index contributed by atoms with van der Waals surface area (Å²) in [5.41, 5.74) is 1.02. The summed E-state index contributed by atoms with van der Waals surface area (Å²) in [6.07, 6.45) is 0. The van der Waals surface area contributed by atoms with Crippen molar-refractivity contribution in [2.45, 2.75) is 6.54 Å². The Morgan fingerprint density at radius 2 is 1.53 bits per heavy atom. The van der Waals surface area contributed by atoms with Crippen LogP contribution in [0.2, 0.25) is 15.1 Å². The summed E-state index contributed by atoms with van der Waals surface area (Å²) in [5.74, 6) is 1.27. The van der Waals surface area contributed by atoms with Crippen LogP contribution in [0.25, 0.3) is 0 Å². The lowest BCUT2D eigenvalue weighted by Crippen LogP contribution is -2.05. The molecule has 0 spiro atoms. The molecule has 0 amide bonds. The summed E-state index contributed by atoms with van der Waals surface area (Å²) in [4.78, 5) is 0. The minimum absolute atomic E-state index is 0.456. The standard InChI is InChI=1S/C14H12Cl3NO/c1-18-8-9-2-3-10(6-13(9)16)19-11-4-5-12(15)14(17)7-11/h2-7,18H,8H2,1H3. The van der Waals surface area contributed by atoms with Crippen molar-refractivity contribution in [2.24, 2.45) is 0 Å². The first kappa shape index (κ1) is 14.5. The van der Waals surface area contributed by atoms with Crippen molar-refractivity contribution in [3.8, 4) is 11.5 Å². The predicted molar refractivity (Wildman–Crippen MR) is 80.8 cm³/mol. The summed E-state index contributed by atoms with van der Waals surface area (Å²) in [5, 5.41) is 4.66. The Labute approximate surface area is 127 Å². The van der Waals surface area contributed by atoms with Gasteiger partial charge in [-0.3, -0.25) is 0 Å². The van der Waals surface area contributed by atoms with Crippen molar-refractivity contribution in [3.63, 3.8) is 0 Å². The van der Waals surface area contributed by atoms with Gasteiger partial charge in [0, 0.05) is 17.6 Å². The number of benzene rings is 2. The molecular formula is C14H12Cl3NO. The minimum Gasteiger partial charge on any atom is -0.457 e. The molecule has 0 fully saturated rings. The topological polar surface area (TPSA) is 21.3 Å². The third-order valence-electron chi connectivity index (χ3n) is 2.52. The Bertz CT molecular complexity index is 587. The SMILES string of the molecule is CNCc1ccc(Oc2ccc(Cl)c(Cl)c2)cc1Cl. The van der Waals surface area contributed by atoms with E-state index in [4.69, 9.17) is 39.5 Å². The monoisotopic (exact) mass is 315 g/mol. The Morgan fingerprint density at radius 1 is 0.895 bits per heavy atom. The lowest BCUT2D eigenvalue weighted by molar-refractivity contribution is 0.482. The highest BCUT2D eigenvalue weighted by atomic mass is 35.5. The third kappa shape index (κ3) is 3.77. The second-order valence-electron chi connectivity index (χ2n) is 3.96. The lowest BCUT2D eigenvalue weighted by Gasteiger charge is -2.09. The second-order valence-corrected chi connectivity index (χ2v) is 5.18. The van der Waals surface area contributed by atoms with E-state index in [9.17, 15) is 0 Å². The van der Waals surface area contributed by atoms with E-state index in [1.54, 1.807) is 24.3 Å². The largest absolute Gasteiger partial charge is 0.457 e. The average Bonchev–Trinajstić information content (AvgIpc) is 2.37. The summed E-state index contributed by atoms with van der Waals surface area (Å²) in [6, 6.07) is 10.7. The Kier molecular flexibility index (Phi) is 4.94. The average molecular weight is 317 g/mol. The molecule has 2 aromatic carbocycles. The van der Waals surface area contributed by atoms with Crippen LogP contribution in [-0.2, 0) is 6.54 Å². The molecule has 100 valence electrons. The normalized spacial score (nSPS) is 10.5. The molecule has 0 aliphatic rings. The van der Waals surface area contributed by atoms with Gasteiger partial charge in [-0.1, -0.05) is 40.9 Å². The molecule has 0 atom stereocenters. The first-order valence-electron chi connectivity index (χ1n) is 5.66. The molecule has 0 unspecified atom stereocenters. The molecule has 0 saturated carbocycles. The van der Waals surface area contributed by atoms with Gasteiger partial charge in [0.2, 0.25) is 0 Å². The zero-order chi connectivity index (χ0) is 13.8. The number of ether oxygens (including phenoxy) is 1. The van der Waals surface area contributed by atoms with E-state index in [2.05, 4.69) is 5.32 Å². The predicted octanol–water partition coefficient (Wildman–Crippen LogP) is 5.16. The third-order valence-corrected chi connectivity index (χ3v) is 3.61. The first-order valence-corrected chi connectivity index (χ1v) is 6.79. The molecule has 0 radical (unpaired) electrons. The van der Waals surface area contributed by atoms with Gasteiger partial charge in [0.05, 0.1) is 10.0 Å². The van der Waals surface area contributed by atoms with Crippen LogP contribution in [0.15, 0.2) is 36.4 Å². The van der Waals surface area contributed by atoms with E-state index in [0.717, 1.165) is 5.56 Å². The van der Waals surface area contributed by atoms with E-state index in [1.807, 2.05) is 19.2 Å². The van der Waals surface area contributed by atoms with Crippen molar-refractivity contribution in [1.82, 2.24) is 5.32 Å². The highest BCUT2D eigenvalue weighted by Crippen LogP contribution is 2.31. The van der Waals surface area contributed by atoms with Crippen molar-refractivity contribution in [2.75, 3.05) is 7.05 Å². The van der Waals surface area contributed by atoms with Crippen LogP contribution >= 0.6 is 34.8 Å². The van der Waals surface area contributed by atoms with Crippen LogP contribution < -0.4 is 10.1 Å². The van der Waals surface area contributed by atoms with E-state index in [0.29, 0.717) is 33.1 Å². The fraction of sp³-hybridized carbons (Fsp3) is 0.143. The van der Waals surface area contributed by atoms with Gasteiger partial charge in [0.1, 0.15) is 11.5 Å². The number of halogens is 3. The molecule has 0 aliphatic heterocycles. The lowest BCUT2D eigenvalue weighted by atomic mass is 10.2. The summed E-state index contributed by atoms with van der Waals surface area (Å²) < 4.78 is 5.68. The van der Waals surface area contributed by atoms with Gasteiger partial charge in [-0.25, -0.2) is 0 Å². The Hall–Kier alpha value is -0.930. The number of hydrogen-bond acceptors (Lipinski definition) is 2. The van der Waals surface area contributed by atoms with Gasteiger partial charge in [0.15, 0.2) is 0 Å². The van der Waals surface area contributed by atoms with Crippen molar-refractivity contribution >= 4 is 34.8 Å². The maximum Gasteiger partial charge on any atom is 0.129 e. The Morgan fingerprint density at radius 3 is 2.11 bits per heavy atom. The maximum absolute atomic E-state index is 6.16. The molecule has 1 N–H and O–H groups in total. The molecule has 2 nitrogen and oxygen atoms in total. The van der Waals surface area contributed by atoms with Crippen LogP contribution in [0.5, 0.6) is 11.5 Å². The highest BCUT2D eigenvalue weighted by molar-refractivity contribution is 6.42. The zero-order valence-corrected chi connectivity index (χ0v) is 12.5. The van der Waals surface area contributed by atoms with Gasteiger partial charge < -0.3 is 10.1 Å². The molecule has 2 rings (SSSR count). The second kappa shape index (κ2) is 6.49. The molecule has 0 heterocycles. The van der Waals surface area contributed by atoms with Gasteiger partial charge in [-0.2, -0.15) is 0 Å². The van der Waals surface area contributed by atoms with E-state index in [1.165, 1.54) is 0 Å². The van der Waals surface area contributed by atoms with E-state index < -0.39 is 0 Å². The van der Waals surface area contributed by atoms with Crippen molar-refractivity contribution < 1.29 is 4.74 Å². The summed E-state index contributed by atoms with van der Waals surface area (Å²) in [6.45, 7) is 0.714. The Balaban J connectivity index is 2.19. The molecular weight excluding hydrogens is 305 g/mol. The first-order chi connectivity index (χ1) is 9.10. The van der Waals surface area contributed by atoms with Crippen LogP contribution in [0.4, 0.5) is 0 Å². The molecule has 19 heavy (non-hydrogen) atoms. The molecule has 0 aliphatic carbocycles. The van der Waals surface area contributed by atoms with Crippen LogP contribution in [0, 0.1) is 0 Å². The number of nitrogens with one attached hydrogen (secondary N) is 1. The van der Waals surface area contributed by atoms with E-state index in [-0.39, 0.29) is 0 Å². The van der Waals surface area contributed by atoms with Crippen LogP contribution in [-0.4, -0.2) is 7.05 Å². The highest BCUT2D eigenvalue weighted by Gasteiger charge is 2.05. The minimum atomic E-state index is 0.456. The molecule has 0 aromatic heterocycles. The zero-order valence-electron chi connectivity index (χ0n) is 10.2. The van der Waals surface area contributed by atoms with Crippen LogP contribution in [0.3, 0.4) is 0 Å². The fourth-order valence-corrected chi connectivity index (χ4v) is 2.13. The number of rotatable bonds is 4. The maximum atomic E-state index is 6.16. The van der Waals surface area contributed by atoms with Gasteiger partial charge in [-0.05, 0) is 36.9 Å². The van der Waals surface area contributed by atoms with Crippen molar-refractivity contribution in [1.29, 1.82) is 0 Å². The van der Waals surface area contributed by atoms with Crippen molar-refractivity contribution in [3.05, 3.63) is 57.0 Å². The molecule has 2 aromatic rings. The quantitative estimate of drug-likeness (QED) is 0.841. The summed E-state index contributed by atoms with van der Waals surface area (Å²) in [7, 11) is 1.87. The molecule has 5 heteroatoms. The fourth-order valence-electron chi connectivity index (χ4n) is 1.60. The van der Waals surface area contributed by atoms with Gasteiger partial charge in [0.25, 0.3) is 0 Å². The van der Waals surface area contributed by atoms with E-state index >= 15 is 0 Å². The van der Waals surface area contributed by atoms with Crippen LogP contribution in [0.1, 0.15) is 5.56 Å². The molecule has 0 bridgehead atoms. The van der Waals surface area contributed by atoms with Gasteiger partial charge in [-0.15, -0.1) is 0 Å². The summed E-state index contributed by atoms with van der Waals surface area (Å²) >= 11 is 17.9. The smallest absolute Gasteiger partial charge is 0.129 e.